The van der Waals surface area contributed by atoms with E-state index >= 15 is 0 Å². The summed E-state index contributed by atoms with van der Waals surface area (Å²) in [5.74, 6) is 1.04. The van der Waals surface area contributed by atoms with Crippen LogP contribution in [0.5, 0.6) is 5.75 Å². The van der Waals surface area contributed by atoms with Crippen LogP contribution >= 0.6 is 0 Å². The monoisotopic (exact) mass is 391 g/mol. The van der Waals surface area contributed by atoms with Crippen molar-refractivity contribution in [2.45, 2.75) is 12.8 Å². The molecule has 2 heterocycles. The topological polar surface area (TPSA) is 58.8 Å². The highest BCUT2D eigenvalue weighted by Gasteiger charge is 2.23. The third-order valence-corrected chi connectivity index (χ3v) is 5.36. The van der Waals surface area contributed by atoms with Crippen LogP contribution in [0.2, 0.25) is 0 Å². The number of hydrogen-bond acceptors (Lipinski definition) is 5. The van der Waals surface area contributed by atoms with Gasteiger partial charge in [0.1, 0.15) is 17.7 Å². The lowest BCUT2D eigenvalue weighted by atomic mass is 10.0. The van der Waals surface area contributed by atoms with Gasteiger partial charge in [-0.05, 0) is 18.6 Å². The van der Waals surface area contributed by atoms with Crippen molar-refractivity contribution in [2.75, 3.05) is 38.2 Å². The average Bonchev–Trinajstić information content (AvgIpc) is 3.27. The number of para-hydroxylation sites is 2. The maximum atomic E-state index is 12.7. The van der Waals surface area contributed by atoms with Gasteiger partial charge in [0.25, 0.3) is 0 Å². The van der Waals surface area contributed by atoms with Crippen LogP contribution < -0.4 is 9.64 Å². The van der Waals surface area contributed by atoms with Crippen molar-refractivity contribution in [3.8, 4) is 17.0 Å². The zero-order valence-corrected chi connectivity index (χ0v) is 16.6. The van der Waals surface area contributed by atoms with E-state index in [4.69, 9.17) is 9.26 Å². The Morgan fingerprint density at radius 2 is 1.76 bits per heavy atom. The van der Waals surface area contributed by atoms with Crippen molar-refractivity contribution < 1.29 is 14.1 Å². The first kappa shape index (κ1) is 19.1. The standard InChI is InChI=1S/C23H25N3O3/c1-28-21-10-6-5-9-20(21)25-13-15-26(16-14-25)22(27)12-11-19-17-29-24-23(19)18-7-3-2-4-8-18/h2-10,17H,11-16H2,1H3. The molecule has 29 heavy (non-hydrogen) atoms. The second-order valence-electron chi connectivity index (χ2n) is 7.09. The number of anilines is 1. The molecule has 6 heteroatoms. The zero-order valence-electron chi connectivity index (χ0n) is 16.6. The summed E-state index contributed by atoms with van der Waals surface area (Å²) in [6, 6.07) is 17.9. The molecule has 1 saturated heterocycles. The van der Waals surface area contributed by atoms with Gasteiger partial charge in [-0.3, -0.25) is 4.79 Å². The van der Waals surface area contributed by atoms with Crippen LogP contribution in [0.25, 0.3) is 11.3 Å². The Morgan fingerprint density at radius 3 is 2.52 bits per heavy atom. The van der Waals surface area contributed by atoms with E-state index in [1.807, 2.05) is 53.4 Å². The van der Waals surface area contributed by atoms with Gasteiger partial charge in [0.05, 0.1) is 12.8 Å². The predicted octanol–water partition coefficient (Wildman–Crippen LogP) is 3.63. The lowest BCUT2D eigenvalue weighted by Gasteiger charge is -2.36. The highest BCUT2D eigenvalue weighted by molar-refractivity contribution is 5.77. The molecule has 0 N–H and O–H groups in total. The largest absolute Gasteiger partial charge is 0.495 e. The summed E-state index contributed by atoms with van der Waals surface area (Å²) >= 11 is 0. The number of aryl methyl sites for hydroxylation is 1. The van der Waals surface area contributed by atoms with Gasteiger partial charge in [-0.1, -0.05) is 47.6 Å². The molecule has 1 aliphatic heterocycles. The van der Waals surface area contributed by atoms with Crippen molar-refractivity contribution in [1.82, 2.24) is 10.1 Å². The minimum atomic E-state index is 0.171. The van der Waals surface area contributed by atoms with Crippen molar-refractivity contribution in [2.24, 2.45) is 0 Å². The summed E-state index contributed by atoms with van der Waals surface area (Å²) in [7, 11) is 1.69. The molecule has 0 atom stereocenters. The number of hydrogen-bond donors (Lipinski definition) is 0. The molecule has 1 aromatic heterocycles. The average molecular weight is 391 g/mol. The van der Waals surface area contributed by atoms with E-state index in [1.54, 1.807) is 13.4 Å². The molecule has 0 radical (unpaired) electrons. The SMILES string of the molecule is COc1ccccc1N1CCN(C(=O)CCc2conc2-c2ccccc2)CC1. The molecule has 0 saturated carbocycles. The molecule has 3 aromatic rings. The number of nitrogens with zero attached hydrogens (tertiary/aromatic N) is 3. The molecule has 4 rings (SSSR count). The van der Waals surface area contributed by atoms with E-state index in [-0.39, 0.29) is 5.91 Å². The number of amides is 1. The lowest BCUT2D eigenvalue weighted by Crippen LogP contribution is -2.48. The van der Waals surface area contributed by atoms with Crippen LogP contribution in [0.4, 0.5) is 5.69 Å². The van der Waals surface area contributed by atoms with E-state index in [0.29, 0.717) is 25.9 Å². The number of benzene rings is 2. The van der Waals surface area contributed by atoms with Crippen LogP contribution in [0.3, 0.4) is 0 Å². The Bertz CT molecular complexity index is 947. The summed E-state index contributed by atoms with van der Waals surface area (Å²) in [5, 5.41) is 4.12. The molecule has 1 aliphatic rings. The fourth-order valence-corrected chi connectivity index (χ4v) is 3.76. The maximum absolute atomic E-state index is 12.7. The van der Waals surface area contributed by atoms with Gasteiger partial charge in [-0.25, -0.2) is 0 Å². The van der Waals surface area contributed by atoms with Crippen LogP contribution in [0.15, 0.2) is 65.4 Å². The number of methoxy groups -OCH3 is 1. The van der Waals surface area contributed by atoms with E-state index in [2.05, 4.69) is 16.1 Å². The number of carbonyl (C=O) groups is 1. The first-order chi connectivity index (χ1) is 14.3. The number of ether oxygens (including phenoxy) is 1. The number of aromatic nitrogens is 1. The van der Waals surface area contributed by atoms with Gasteiger partial charge in [0.15, 0.2) is 0 Å². The molecule has 0 bridgehead atoms. The Hall–Kier alpha value is -3.28. The second kappa shape index (κ2) is 8.82. The van der Waals surface area contributed by atoms with Crippen molar-refractivity contribution in [3.05, 3.63) is 66.4 Å². The van der Waals surface area contributed by atoms with Gasteiger partial charge in [0, 0.05) is 43.7 Å². The van der Waals surface area contributed by atoms with Gasteiger partial charge >= 0.3 is 0 Å². The van der Waals surface area contributed by atoms with Crippen molar-refractivity contribution >= 4 is 11.6 Å². The summed E-state index contributed by atoms with van der Waals surface area (Å²) in [6.45, 7) is 3.03. The van der Waals surface area contributed by atoms with E-state index in [9.17, 15) is 4.79 Å². The Kier molecular flexibility index (Phi) is 5.79. The molecular weight excluding hydrogens is 366 g/mol. The summed E-state index contributed by atoms with van der Waals surface area (Å²) in [6.07, 6.45) is 2.73. The van der Waals surface area contributed by atoms with Gasteiger partial charge in [-0.2, -0.15) is 0 Å². The second-order valence-corrected chi connectivity index (χ2v) is 7.09. The van der Waals surface area contributed by atoms with Gasteiger partial charge in [-0.15, -0.1) is 0 Å². The summed E-state index contributed by atoms with van der Waals surface area (Å²) < 4.78 is 10.6. The van der Waals surface area contributed by atoms with E-state index < -0.39 is 0 Å². The Labute approximate surface area is 170 Å². The molecule has 0 unspecified atom stereocenters. The molecule has 1 amide bonds. The first-order valence-electron chi connectivity index (χ1n) is 9.90. The Morgan fingerprint density at radius 1 is 1.03 bits per heavy atom. The molecule has 1 fully saturated rings. The molecule has 0 aliphatic carbocycles. The normalized spacial score (nSPS) is 14.1. The molecule has 2 aromatic carbocycles. The van der Waals surface area contributed by atoms with E-state index in [0.717, 1.165) is 41.3 Å². The van der Waals surface area contributed by atoms with Crippen molar-refractivity contribution in [3.63, 3.8) is 0 Å². The third-order valence-electron chi connectivity index (χ3n) is 5.36. The molecule has 6 nitrogen and oxygen atoms in total. The fourth-order valence-electron chi connectivity index (χ4n) is 3.76. The van der Waals surface area contributed by atoms with Crippen molar-refractivity contribution in [1.29, 1.82) is 0 Å². The predicted molar refractivity (Wildman–Crippen MR) is 112 cm³/mol. The van der Waals surface area contributed by atoms with Gasteiger partial charge in [0.2, 0.25) is 5.91 Å². The minimum Gasteiger partial charge on any atom is -0.495 e. The zero-order chi connectivity index (χ0) is 20.1. The maximum Gasteiger partial charge on any atom is 0.223 e. The fraction of sp³-hybridized carbons (Fsp3) is 0.304. The Balaban J connectivity index is 1.33. The number of carbonyl (C=O) groups excluding carboxylic acids is 1. The van der Waals surface area contributed by atoms with E-state index in [1.165, 1.54) is 0 Å². The van der Waals surface area contributed by atoms with Crippen LogP contribution in [0.1, 0.15) is 12.0 Å². The third kappa shape index (κ3) is 4.26. The highest BCUT2D eigenvalue weighted by atomic mass is 16.5. The highest BCUT2D eigenvalue weighted by Crippen LogP contribution is 2.28. The van der Waals surface area contributed by atoms with Crippen LogP contribution in [0, 0.1) is 0 Å². The summed E-state index contributed by atoms with van der Waals surface area (Å²) in [4.78, 5) is 17.0. The minimum absolute atomic E-state index is 0.171. The number of rotatable bonds is 6. The lowest BCUT2D eigenvalue weighted by molar-refractivity contribution is -0.131. The molecular formula is C23H25N3O3. The first-order valence-corrected chi connectivity index (χ1v) is 9.90. The van der Waals surface area contributed by atoms with Crippen LogP contribution in [-0.4, -0.2) is 49.3 Å². The smallest absolute Gasteiger partial charge is 0.223 e. The quantitative estimate of drug-likeness (QED) is 0.642. The molecule has 150 valence electrons. The van der Waals surface area contributed by atoms with Crippen LogP contribution in [-0.2, 0) is 11.2 Å². The van der Waals surface area contributed by atoms with Gasteiger partial charge < -0.3 is 19.1 Å². The molecule has 0 spiro atoms. The number of piperazine rings is 1. The summed E-state index contributed by atoms with van der Waals surface area (Å²) in [5.41, 5.74) is 3.88.